The molecule has 0 saturated carbocycles. The third kappa shape index (κ3) is 3.84. The third-order valence-electron chi connectivity index (χ3n) is 2.16. The average molecular weight is 246 g/mol. The lowest BCUT2D eigenvalue weighted by Gasteiger charge is -2.06. The lowest BCUT2D eigenvalue weighted by Crippen LogP contribution is -2.28. The van der Waals surface area contributed by atoms with Gasteiger partial charge in [-0.2, -0.15) is 0 Å². The molecule has 1 unspecified atom stereocenters. The molecule has 0 aliphatic heterocycles. The quantitative estimate of drug-likeness (QED) is 0.794. The van der Waals surface area contributed by atoms with Gasteiger partial charge in [-0.1, -0.05) is 13.8 Å². The second-order valence-electron chi connectivity index (χ2n) is 3.34. The maximum absolute atomic E-state index is 11.6. The normalized spacial score (nSPS) is 12.5. The number of nitrogens with one attached hydrogen (secondary N) is 1. The van der Waals surface area contributed by atoms with Crippen molar-refractivity contribution in [2.24, 2.45) is 0 Å². The van der Waals surface area contributed by atoms with Gasteiger partial charge >= 0.3 is 0 Å². The maximum atomic E-state index is 11.6. The van der Waals surface area contributed by atoms with Crippen LogP contribution in [0.1, 0.15) is 34.8 Å². The molecule has 0 aliphatic rings. The first-order valence-electron chi connectivity index (χ1n) is 5.18. The van der Waals surface area contributed by atoms with Crippen molar-refractivity contribution in [3.63, 3.8) is 0 Å². The van der Waals surface area contributed by atoms with Crippen LogP contribution in [-0.2, 0) is 6.42 Å². The Morgan fingerprint density at radius 1 is 1.53 bits per heavy atom. The second-order valence-corrected chi connectivity index (χ2v) is 5.12. The Bertz CT molecular complexity index is 324. The number of alkyl halides is 1. The highest BCUT2D eigenvalue weighted by Gasteiger charge is 2.09. The highest BCUT2D eigenvalue weighted by molar-refractivity contribution is 7.14. The molecule has 2 nitrogen and oxygen atoms in total. The van der Waals surface area contributed by atoms with Gasteiger partial charge in [-0.3, -0.25) is 4.79 Å². The van der Waals surface area contributed by atoms with E-state index in [1.165, 1.54) is 4.88 Å². The Kier molecular flexibility index (Phi) is 5.12. The van der Waals surface area contributed by atoms with E-state index in [2.05, 4.69) is 12.2 Å². The molecule has 1 amide bonds. The third-order valence-corrected chi connectivity index (χ3v) is 3.85. The number of halogens is 1. The summed E-state index contributed by atoms with van der Waals surface area (Å²) in [6.07, 6.45) is 1.84. The van der Waals surface area contributed by atoms with Crippen LogP contribution in [0.25, 0.3) is 0 Å². The van der Waals surface area contributed by atoms with Crippen LogP contribution in [0.5, 0.6) is 0 Å². The summed E-state index contributed by atoms with van der Waals surface area (Å²) >= 11 is 7.46. The fraction of sp³-hybridized carbons (Fsp3) is 0.545. The first-order valence-corrected chi connectivity index (χ1v) is 6.43. The van der Waals surface area contributed by atoms with E-state index < -0.39 is 0 Å². The molecular weight excluding hydrogens is 230 g/mol. The maximum Gasteiger partial charge on any atom is 0.261 e. The zero-order chi connectivity index (χ0) is 11.3. The van der Waals surface area contributed by atoms with Crippen molar-refractivity contribution < 1.29 is 4.79 Å². The second kappa shape index (κ2) is 6.13. The zero-order valence-corrected chi connectivity index (χ0v) is 10.6. The van der Waals surface area contributed by atoms with Gasteiger partial charge in [0, 0.05) is 11.4 Å². The van der Waals surface area contributed by atoms with Crippen molar-refractivity contribution >= 4 is 28.8 Å². The fourth-order valence-electron chi connectivity index (χ4n) is 1.12. The predicted molar refractivity (Wildman–Crippen MR) is 66.0 cm³/mol. The molecular formula is C11H16ClNOS. The van der Waals surface area contributed by atoms with Crippen molar-refractivity contribution in [2.75, 3.05) is 6.54 Å². The first-order chi connectivity index (χ1) is 7.17. The lowest BCUT2D eigenvalue weighted by atomic mass is 10.3. The van der Waals surface area contributed by atoms with Crippen molar-refractivity contribution in [3.05, 3.63) is 21.9 Å². The summed E-state index contributed by atoms with van der Waals surface area (Å²) in [5, 5.41) is 2.85. The zero-order valence-electron chi connectivity index (χ0n) is 9.05. The Morgan fingerprint density at radius 2 is 2.27 bits per heavy atom. The molecule has 4 heteroatoms. The summed E-state index contributed by atoms with van der Waals surface area (Å²) < 4.78 is 0. The minimum atomic E-state index is -0.0150. The summed E-state index contributed by atoms with van der Waals surface area (Å²) in [5.41, 5.74) is 0. The van der Waals surface area contributed by atoms with Crippen molar-refractivity contribution in [3.8, 4) is 0 Å². The summed E-state index contributed by atoms with van der Waals surface area (Å²) in [6, 6.07) is 3.87. The molecule has 1 N–H and O–H groups in total. The van der Waals surface area contributed by atoms with E-state index in [0.29, 0.717) is 6.54 Å². The predicted octanol–water partition coefficient (Wildman–Crippen LogP) is 3.06. The number of amides is 1. The van der Waals surface area contributed by atoms with Gasteiger partial charge in [0.1, 0.15) is 0 Å². The average Bonchev–Trinajstić information content (AvgIpc) is 2.73. The molecule has 1 aromatic heterocycles. The van der Waals surface area contributed by atoms with E-state index in [-0.39, 0.29) is 11.3 Å². The number of thiophene rings is 1. The standard InChI is InChI=1S/C11H16ClNOS/c1-3-8(12)7-13-11(14)10-6-5-9(4-2)15-10/h5-6,8H,3-4,7H2,1-2H3,(H,13,14). The summed E-state index contributed by atoms with van der Waals surface area (Å²) in [6.45, 7) is 4.62. The molecule has 0 saturated heterocycles. The number of carbonyl (C=O) groups is 1. The molecule has 0 fully saturated rings. The highest BCUT2D eigenvalue weighted by atomic mass is 35.5. The lowest BCUT2D eigenvalue weighted by molar-refractivity contribution is 0.0957. The number of hydrogen-bond acceptors (Lipinski definition) is 2. The molecule has 0 spiro atoms. The van der Waals surface area contributed by atoms with Gasteiger partial charge in [0.15, 0.2) is 0 Å². The Morgan fingerprint density at radius 3 is 2.80 bits per heavy atom. The van der Waals surface area contributed by atoms with Gasteiger partial charge < -0.3 is 5.32 Å². The van der Waals surface area contributed by atoms with Gasteiger partial charge in [-0.15, -0.1) is 22.9 Å². The minimum Gasteiger partial charge on any atom is -0.350 e. The smallest absolute Gasteiger partial charge is 0.261 e. The van der Waals surface area contributed by atoms with Crippen LogP contribution in [0, 0.1) is 0 Å². The Balaban J connectivity index is 2.46. The largest absolute Gasteiger partial charge is 0.350 e. The van der Waals surface area contributed by atoms with E-state index in [4.69, 9.17) is 11.6 Å². The summed E-state index contributed by atoms with van der Waals surface area (Å²) in [5.74, 6) is -0.0150. The van der Waals surface area contributed by atoms with Crippen LogP contribution in [0.4, 0.5) is 0 Å². The molecule has 1 atom stereocenters. The number of hydrogen-bond donors (Lipinski definition) is 1. The Hall–Kier alpha value is -0.540. The van der Waals surface area contributed by atoms with E-state index in [0.717, 1.165) is 17.7 Å². The van der Waals surface area contributed by atoms with E-state index in [1.54, 1.807) is 11.3 Å². The van der Waals surface area contributed by atoms with Gasteiger partial charge in [0.2, 0.25) is 0 Å². The van der Waals surface area contributed by atoms with E-state index in [9.17, 15) is 4.79 Å². The number of rotatable bonds is 5. The van der Waals surface area contributed by atoms with Crippen molar-refractivity contribution in [2.45, 2.75) is 32.1 Å². The Labute approximate surface area is 99.6 Å². The highest BCUT2D eigenvalue weighted by Crippen LogP contribution is 2.16. The van der Waals surface area contributed by atoms with Crippen LogP contribution in [0.2, 0.25) is 0 Å². The SMILES string of the molecule is CCc1ccc(C(=O)NCC(Cl)CC)s1. The number of aryl methyl sites for hydroxylation is 1. The fourth-order valence-corrected chi connectivity index (χ4v) is 2.07. The molecule has 0 bridgehead atoms. The van der Waals surface area contributed by atoms with Crippen LogP contribution in [0.3, 0.4) is 0 Å². The molecule has 1 heterocycles. The van der Waals surface area contributed by atoms with Crippen LogP contribution in [0.15, 0.2) is 12.1 Å². The molecule has 84 valence electrons. The van der Waals surface area contributed by atoms with Gasteiger partial charge in [-0.05, 0) is 25.0 Å². The van der Waals surface area contributed by atoms with E-state index in [1.807, 2.05) is 19.1 Å². The topological polar surface area (TPSA) is 29.1 Å². The molecule has 1 rings (SSSR count). The van der Waals surface area contributed by atoms with Crippen LogP contribution >= 0.6 is 22.9 Å². The van der Waals surface area contributed by atoms with Crippen LogP contribution < -0.4 is 5.32 Å². The molecule has 0 aliphatic carbocycles. The summed E-state index contributed by atoms with van der Waals surface area (Å²) in [7, 11) is 0. The minimum absolute atomic E-state index is 0.0150. The molecule has 15 heavy (non-hydrogen) atoms. The molecule has 0 radical (unpaired) electrons. The van der Waals surface area contributed by atoms with Gasteiger partial charge in [-0.25, -0.2) is 0 Å². The first kappa shape index (κ1) is 12.5. The molecule has 1 aromatic rings. The van der Waals surface area contributed by atoms with Crippen molar-refractivity contribution in [1.82, 2.24) is 5.32 Å². The number of carbonyl (C=O) groups excluding carboxylic acids is 1. The summed E-state index contributed by atoms with van der Waals surface area (Å²) in [4.78, 5) is 13.6. The van der Waals surface area contributed by atoms with Gasteiger partial charge in [0.25, 0.3) is 5.91 Å². The van der Waals surface area contributed by atoms with Crippen LogP contribution in [-0.4, -0.2) is 17.8 Å². The monoisotopic (exact) mass is 245 g/mol. The van der Waals surface area contributed by atoms with E-state index >= 15 is 0 Å². The van der Waals surface area contributed by atoms with Gasteiger partial charge in [0.05, 0.1) is 10.3 Å². The van der Waals surface area contributed by atoms with Crippen molar-refractivity contribution in [1.29, 1.82) is 0 Å². The molecule has 0 aromatic carbocycles.